The summed E-state index contributed by atoms with van der Waals surface area (Å²) < 4.78 is 12.5. The van der Waals surface area contributed by atoms with Crippen molar-refractivity contribution in [3.8, 4) is 0 Å². The van der Waals surface area contributed by atoms with Gasteiger partial charge in [0.15, 0.2) is 11.2 Å². The molecule has 0 saturated carbocycles. The standard InChI is InChI=1S/C18H19BrN2O4/c1-20-6-4-18(5-7-20)21(8-9-24-18)17(23)16-11-14(22)13-3-2-12(19)10-15(13)25-16/h2-3,10-11H,4-9H2,1H3. The molecule has 2 aromatic rings. The van der Waals surface area contributed by atoms with E-state index in [2.05, 4.69) is 27.9 Å². The molecule has 6 nitrogen and oxygen atoms in total. The van der Waals surface area contributed by atoms with Crippen LogP contribution in [-0.2, 0) is 4.74 Å². The van der Waals surface area contributed by atoms with E-state index < -0.39 is 5.72 Å². The highest BCUT2D eigenvalue weighted by Crippen LogP contribution is 2.35. The summed E-state index contributed by atoms with van der Waals surface area (Å²) in [7, 11) is 2.06. The van der Waals surface area contributed by atoms with Gasteiger partial charge in [-0.3, -0.25) is 9.59 Å². The third kappa shape index (κ3) is 2.90. The fourth-order valence-electron chi connectivity index (χ4n) is 3.64. The SMILES string of the molecule is CN1CCC2(CC1)OCCN2C(=O)c1cc(=O)c2ccc(Br)cc2o1. The van der Waals surface area contributed by atoms with Crippen LogP contribution >= 0.6 is 15.9 Å². The van der Waals surface area contributed by atoms with Gasteiger partial charge in [0.2, 0.25) is 0 Å². The largest absolute Gasteiger partial charge is 0.451 e. The van der Waals surface area contributed by atoms with E-state index >= 15 is 0 Å². The molecule has 0 bridgehead atoms. The Balaban J connectivity index is 1.71. The van der Waals surface area contributed by atoms with Crippen molar-refractivity contribution in [3.05, 3.63) is 44.7 Å². The zero-order valence-electron chi connectivity index (χ0n) is 14.0. The number of amides is 1. The maximum Gasteiger partial charge on any atom is 0.292 e. The number of halogens is 1. The quantitative estimate of drug-likeness (QED) is 0.727. The van der Waals surface area contributed by atoms with E-state index in [9.17, 15) is 9.59 Å². The van der Waals surface area contributed by atoms with Crippen molar-refractivity contribution in [1.82, 2.24) is 9.80 Å². The van der Waals surface area contributed by atoms with Gasteiger partial charge < -0.3 is 19.0 Å². The molecule has 2 aliphatic rings. The Labute approximate surface area is 153 Å². The van der Waals surface area contributed by atoms with Crippen molar-refractivity contribution in [3.63, 3.8) is 0 Å². The highest BCUT2D eigenvalue weighted by atomic mass is 79.9. The molecule has 3 heterocycles. The van der Waals surface area contributed by atoms with Crippen molar-refractivity contribution in [2.45, 2.75) is 18.6 Å². The molecule has 1 aromatic heterocycles. The van der Waals surface area contributed by atoms with E-state index in [1.807, 2.05) is 0 Å². The van der Waals surface area contributed by atoms with Crippen molar-refractivity contribution in [1.29, 1.82) is 0 Å². The van der Waals surface area contributed by atoms with Gasteiger partial charge in [-0.1, -0.05) is 15.9 Å². The molecule has 2 fully saturated rings. The number of rotatable bonds is 1. The van der Waals surface area contributed by atoms with Crippen molar-refractivity contribution in [2.24, 2.45) is 0 Å². The highest BCUT2D eigenvalue weighted by Gasteiger charge is 2.47. The molecule has 0 radical (unpaired) electrons. The molecule has 0 aliphatic carbocycles. The number of hydrogen-bond acceptors (Lipinski definition) is 5. The first-order valence-electron chi connectivity index (χ1n) is 8.36. The molecule has 7 heteroatoms. The number of carbonyl (C=O) groups excluding carboxylic acids is 1. The summed E-state index contributed by atoms with van der Waals surface area (Å²) in [4.78, 5) is 29.4. The summed E-state index contributed by atoms with van der Waals surface area (Å²) in [6.45, 7) is 2.78. The van der Waals surface area contributed by atoms with Crippen LogP contribution in [0.15, 0.2) is 37.9 Å². The summed E-state index contributed by atoms with van der Waals surface area (Å²) in [5, 5.41) is 0.464. The molecule has 0 N–H and O–H groups in total. The number of nitrogens with zero attached hydrogens (tertiary/aromatic N) is 2. The molecule has 1 spiro atoms. The molecular weight excluding hydrogens is 388 g/mol. The normalized spacial score (nSPS) is 20.5. The Morgan fingerprint density at radius 1 is 1.20 bits per heavy atom. The molecule has 25 heavy (non-hydrogen) atoms. The third-order valence-corrected chi connectivity index (χ3v) is 5.59. The van der Waals surface area contributed by atoms with Crippen LogP contribution in [-0.4, -0.2) is 54.7 Å². The number of hydrogen-bond donors (Lipinski definition) is 0. The summed E-state index contributed by atoms with van der Waals surface area (Å²) in [6, 6.07) is 6.47. The van der Waals surface area contributed by atoms with Gasteiger partial charge in [0.1, 0.15) is 11.3 Å². The number of fused-ring (bicyclic) bond motifs is 1. The van der Waals surface area contributed by atoms with Gasteiger partial charge >= 0.3 is 0 Å². The van der Waals surface area contributed by atoms with Crippen LogP contribution in [0, 0.1) is 0 Å². The minimum Gasteiger partial charge on any atom is -0.451 e. The van der Waals surface area contributed by atoms with Gasteiger partial charge in [-0.2, -0.15) is 0 Å². The van der Waals surface area contributed by atoms with Crippen LogP contribution in [0.4, 0.5) is 0 Å². The van der Waals surface area contributed by atoms with Crippen LogP contribution in [0.1, 0.15) is 23.4 Å². The lowest BCUT2D eigenvalue weighted by atomic mass is 9.99. The maximum absolute atomic E-state index is 13.1. The van der Waals surface area contributed by atoms with Crippen molar-refractivity contribution < 1.29 is 13.9 Å². The van der Waals surface area contributed by atoms with Gasteiger partial charge in [-0.15, -0.1) is 0 Å². The molecule has 0 atom stereocenters. The van der Waals surface area contributed by atoms with Crippen LogP contribution in [0.2, 0.25) is 0 Å². The number of ether oxygens (including phenoxy) is 1. The second-order valence-corrected chi connectivity index (χ2v) is 7.59. The first kappa shape index (κ1) is 16.8. The van der Waals surface area contributed by atoms with E-state index in [1.165, 1.54) is 6.07 Å². The fourth-order valence-corrected chi connectivity index (χ4v) is 3.98. The minimum absolute atomic E-state index is 0.0689. The number of likely N-dealkylation sites (tertiary alicyclic amines) is 1. The van der Waals surface area contributed by atoms with Crippen LogP contribution < -0.4 is 5.43 Å². The van der Waals surface area contributed by atoms with E-state index in [4.69, 9.17) is 9.15 Å². The van der Waals surface area contributed by atoms with E-state index in [0.717, 1.165) is 30.4 Å². The first-order chi connectivity index (χ1) is 12.0. The molecule has 1 aromatic carbocycles. The second-order valence-electron chi connectivity index (χ2n) is 6.67. The van der Waals surface area contributed by atoms with Crippen molar-refractivity contribution >= 4 is 32.8 Å². The predicted octanol–water partition coefficient (Wildman–Crippen LogP) is 2.45. The van der Waals surface area contributed by atoms with Crippen molar-refractivity contribution in [2.75, 3.05) is 33.3 Å². The van der Waals surface area contributed by atoms with Crippen LogP contribution in [0.3, 0.4) is 0 Å². The molecule has 2 aliphatic heterocycles. The Morgan fingerprint density at radius 3 is 2.72 bits per heavy atom. The summed E-state index contributed by atoms with van der Waals surface area (Å²) in [5.74, 6) is -0.208. The third-order valence-electron chi connectivity index (χ3n) is 5.09. The lowest BCUT2D eigenvalue weighted by Gasteiger charge is -2.42. The Morgan fingerprint density at radius 2 is 1.96 bits per heavy atom. The number of carbonyl (C=O) groups is 1. The topological polar surface area (TPSA) is 63.0 Å². The Hall–Kier alpha value is -1.70. The van der Waals surface area contributed by atoms with E-state index in [0.29, 0.717) is 24.1 Å². The van der Waals surface area contributed by atoms with Gasteiger partial charge in [0.25, 0.3) is 5.91 Å². The smallest absolute Gasteiger partial charge is 0.292 e. The average Bonchev–Trinajstić information content (AvgIpc) is 3.00. The molecule has 1 amide bonds. The Kier molecular flexibility index (Phi) is 4.17. The van der Waals surface area contributed by atoms with Crippen LogP contribution in [0.5, 0.6) is 0 Å². The maximum atomic E-state index is 13.1. The van der Waals surface area contributed by atoms with Gasteiger partial charge in [-0.05, 0) is 25.2 Å². The van der Waals surface area contributed by atoms with Gasteiger partial charge in [0.05, 0.1) is 12.0 Å². The minimum atomic E-state index is -0.575. The van der Waals surface area contributed by atoms with E-state index in [1.54, 1.807) is 23.1 Å². The molecule has 2 saturated heterocycles. The monoisotopic (exact) mass is 406 g/mol. The highest BCUT2D eigenvalue weighted by molar-refractivity contribution is 9.10. The van der Waals surface area contributed by atoms with Gasteiger partial charge in [0, 0.05) is 43.0 Å². The number of piperidine rings is 1. The molecule has 0 unspecified atom stereocenters. The lowest BCUT2D eigenvalue weighted by Crippen LogP contribution is -2.54. The first-order valence-corrected chi connectivity index (χ1v) is 9.16. The summed E-state index contributed by atoms with van der Waals surface area (Å²) in [5.41, 5.74) is -0.383. The number of benzene rings is 1. The summed E-state index contributed by atoms with van der Waals surface area (Å²) in [6.07, 6.45) is 1.53. The average molecular weight is 407 g/mol. The van der Waals surface area contributed by atoms with Gasteiger partial charge in [-0.25, -0.2) is 0 Å². The predicted molar refractivity (Wildman–Crippen MR) is 96.6 cm³/mol. The zero-order valence-corrected chi connectivity index (χ0v) is 15.5. The molecule has 4 rings (SSSR count). The summed E-state index contributed by atoms with van der Waals surface area (Å²) >= 11 is 3.37. The lowest BCUT2D eigenvalue weighted by molar-refractivity contribution is -0.103. The van der Waals surface area contributed by atoms with Crippen LogP contribution in [0.25, 0.3) is 11.0 Å². The fraction of sp³-hybridized carbons (Fsp3) is 0.444. The van der Waals surface area contributed by atoms with E-state index in [-0.39, 0.29) is 17.1 Å². The second kappa shape index (κ2) is 6.23. The Bertz CT molecular complexity index is 886. The molecule has 132 valence electrons. The molecular formula is C18H19BrN2O4. The zero-order chi connectivity index (χ0) is 17.6.